The summed E-state index contributed by atoms with van der Waals surface area (Å²) in [5, 5.41) is 8.88. The molecule has 2 aromatic heterocycles. The molecule has 5 aromatic rings. The van der Waals surface area contributed by atoms with Crippen LogP contribution in [0.2, 0.25) is 0 Å². The Kier molecular flexibility index (Phi) is 15.1. The summed E-state index contributed by atoms with van der Waals surface area (Å²) in [6.07, 6.45) is 7.61. The van der Waals surface area contributed by atoms with Gasteiger partial charge in [0.15, 0.2) is 0 Å². The fraction of sp³-hybridized carbons (Fsp3) is 0.400. The number of aromatic nitrogens is 3. The van der Waals surface area contributed by atoms with Crippen molar-refractivity contribution in [1.82, 2.24) is 30.1 Å². The third-order valence-electron chi connectivity index (χ3n) is 12.8. The van der Waals surface area contributed by atoms with Crippen LogP contribution < -0.4 is 31.3 Å². The second-order valence-corrected chi connectivity index (χ2v) is 17.7. The van der Waals surface area contributed by atoms with E-state index in [1.54, 1.807) is 11.0 Å². The second-order valence-electron chi connectivity index (χ2n) is 17.7. The van der Waals surface area contributed by atoms with Gasteiger partial charge in [0.05, 0.1) is 28.6 Å². The molecule has 0 bridgehead atoms. The first-order valence-electron chi connectivity index (χ1n) is 23.6. The van der Waals surface area contributed by atoms with E-state index in [4.69, 9.17) is 5.73 Å². The number of carbonyl (C=O) groups is 6. The quantitative estimate of drug-likeness (QED) is 0.0324. The van der Waals surface area contributed by atoms with Gasteiger partial charge in [0.2, 0.25) is 23.6 Å². The van der Waals surface area contributed by atoms with Gasteiger partial charge in [-0.25, -0.2) is 14.4 Å². The molecule has 20 heteroatoms. The number of nitrogens with two attached hydrogens (primary N) is 1. The summed E-state index contributed by atoms with van der Waals surface area (Å²) in [6, 6.07) is 12.4. The normalized spacial score (nSPS) is 15.6. The van der Waals surface area contributed by atoms with Crippen LogP contribution in [0.1, 0.15) is 109 Å². The molecule has 0 radical (unpaired) electrons. The molecule has 6 amide bonds. The number of halogens is 4. The number of ether oxygens (including phenoxy) is 1. The van der Waals surface area contributed by atoms with Crippen molar-refractivity contribution >= 4 is 63.7 Å². The van der Waals surface area contributed by atoms with Crippen molar-refractivity contribution in [2.45, 2.75) is 109 Å². The number of imide groups is 2. The number of aryl methyl sites for hydroxylation is 1. The van der Waals surface area contributed by atoms with Gasteiger partial charge in [-0.05, 0) is 85.2 Å². The molecule has 70 heavy (non-hydrogen) atoms. The van der Waals surface area contributed by atoms with Gasteiger partial charge in [-0.3, -0.25) is 39.0 Å². The van der Waals surface area contributed by atoms with E-state index >= 15 is 0 Å². The molecule has 1 fully saturated rings. The van der Waals surface area contributed by atoms with Crippen LogP contribution in [-0.4, -0.2) is 86.9 Å². The molecule has 5 N–H and O–H groups in total. The number of benzene rings is 3. The van der Waals surface area contributed by atoms with E-state index in [-0.39, 0.29) is 53.6 Å². The number of nitrogen functional groups attached to an aromatic ring is 1. The summed E-state index contributed by atoms with van der Waals surface area (Å²) in [5.41, 5.74) is 10.8. The minimum absolute atomic E-state index is 0.00132. The molecule has 1 saturated heterocycles. The lowest BCUT2D eigenvalue weighted by atomic mass is 10.0. The van der Waals surface area contributed by atoms with Gasteiger partial charge in [0.1, 0.15) is 35.4 Å². The molecular weight excluding hydrogens is 915 g/mol. The Hall–Kier alpha value is -7.38. The predicted molar refractivity (Wildman–Crippen MR) is 251 cm³/mol. The summed E-state index contributed by atoms with van der Waals surface area (Å²) in [4.78, 5) is 87.0. The van der Waals surface area contributed by atoms with Gasteiger partial charge in [-0.1, -0.05) is 56.7 Å². The minimum atomic E-state index is -4.83. The van der Waals surface area contributed by atoms with E-state index in [0.717, 1.165) is 84.7 Å². The van der Waals surface area contributed by atoms with Crippen LogP contribution in [0.3, 0.4) is 0 Å². The Balaban J connectivity index is 0.714. The maximum absolute atomic E-state index is 14.9. The molecule has 1 unspecified atom stereocenters. The lowest BCUT2D eigenvalue weighted by Gasteiger charge is -2.27. The summed E-state index contributed by atoms with van der Waals surface area (Å²) in [5.74, 6) is -3.61. The first kappa shape index (κ1) is 49.1. The molecule has 3 aromatic carbocycles. The van der Waals surface area contributed by atoms with E-state index in [1.165, 1.54) is 30.6 Å². The number of alkyl halides is 3. The minimum Gasteiger partial charge on any atom is -0.406 e. The van der Waals surface area contributed by atoms with E-state index in [1.807, 2.05) is 29.0 Å². The van der Waals surface area contributed by atoms with Crippen LogP contribution in [0.15, 0.2) is 67.1 Å². The third kappa shape index (κ3) is 11.4. The number of unbranched alkanes of at least 4 members (excludes halogenated alkanes) is 7. The monoisotopic (exact) mass is 967 g/mol. The molecule has 5 heterocycles. The molecule has 0 aliphatic carbocycles. The molecule has 0 saturated carbocycles. The fourth-order valence-corrected chi connectivity index (χ4v) is 9.37. The van der Waals surface area contributed by atoms with Crippen molar-refractivity contribution in [2.24, 2.45) is 0 Å². The topological polar surface area (TPSA) is 211 Å². The van der Waals surface area contributed by atoms with Crippen LogP contribution >= 0.6 is 0 Å². The summed E-state index contributed by atoms with van der Waals surface area (Å²) in [6.45, 7) is 1.94. The molecular formula is C50H53F4N9O7. The highest BCUT2D eigenvalue weighted by atomic mass is 19.4. The van der Waals surface area contributed by atoms with Crippen LogP contribution in [0.4, 0.5) is 34.8 Å². The van der Waals surface area contributed by atoms with E-state index in [9.17, 15) is 46.3 Å². The molecule has 3 aliphatic heterocycles. The van der Waals surface area contributed by atoms with Crippen LogP contribution in [0.25, 0.3) is 22.2 Å². The average Bonchev–Trinajstić information content (AvgIpc) is 3.98. The van der Waals surface area contributed by atoms with Crippen molar-refractivity contribution in [3.8, 4) is 16.9 Å². The van der Waals surface area contributed by atoms with Crippen molar-refractivity contribution in [3.63, 3.8) is 0 Å². The lowest BCUT2D eigenvalue weighted by molar-refractivity contribution is -0.274. The lowest BCUT2D eigenvalue weighted by Crippen LogP contribution is -2.54. The average molecular weight is 968 g/mol. The highest BCUT2D eigenvalue weighted by molar-refractivity contribution is 6.23. The summed E-state index contributed by atoms with van der Waals surface area (Å²) < 4.78 is 59.1. The molecule has 3 aliphatic rings. The third-order valence-corrected chi connectivity index (χ3v) is 12.8. The standard InChI is InChI=1S/C50H53F4N9O7/c51-37-26-34-35(49(69)63(48(34)68)40-16-17-42(65)60-47(40)67)27-38(37)56-19-8-6-4-2-1-3-5-7-13-41(64)57-20-10-21-61-28-36(44-45(55)58-29-59-46(44)61)31-14-15-39-32(25-31)18-22-62(39)43(66)24-30-11-9-12-33(23-30)70-50(52,53)54/h9,11-12,14-15,23,25-29,40,56H,1-8,10,13,16-22,24H2,(H,57,64)(H2,55,58,59)(H,60,65,67). The van der Waals surface area contributed by atoms with Gasteiger partial charge in [0.25, 0.3) is 11.8 Å². The molecule has 0 spiro atoms. The van der Waals surface area contributed by atoms with Gasteiger partial charge in [-0.15, -0.1) is 13.2 Å². The fourth-order valence-electron chi connectivity index (χ4n) is 9.37. The molecule has 8 rings (SSSR count). The SMILES string of the molecule is Nc1ncnc2c1c(-c1ccc3c(c1)CCN3C(=O)Cc1cccc(OC(F)(F)F)c1)cn2CCCNC(=O)CCCCCCCCCCNc1cc2c(cc1F)C(=O)N(C1CCC(=O)NC1=O)C2=O. The zero-order chi connectivity index (χ0) is 49.5. The van der Waals surface area contributed by atoms with Crippen LogP contribution in [0.5, 0.6) is 5.75 Å². The highest BCUT2D eigenvalue weighted by Crippen LogP contribution is 2.38. The van der Waals surface area contributed by atoms with Gasteiger partial charge in [-0.2, -0.15) is 0 Å². The molecule has 368 valence electrons. The Morgan fingerprint density at radius 2 is 1.59 bits per heavy atom. The zero-order valence-electron chi connectivity index (χ0n) is 38.3. The number of carbonyl (C=O) groups excluding carboxylic acids is 6. The number of hydrogen-bond donors (Lipinski definition) is 4. The van der Waals surface area contributed by atoms with Crippen molar-refractivity contribution in [3.05, 3.63) is 95.2 Å². The zero-order valence-corrected chi connectivity index (χ0v) is 38.3. The van der Waals surface area contributed by atoms with Gasteiger partial charge >= 0.3 is 6.36 Å². The number of hydrogen-bond acceptors (Lipinski definition) is 11. The van der Waals surface area contributed by atoms with Crippen LogP contribution in [0, 0.1) is 5.82 Å². The van der Waals surface area contributed by atoms with Crippen LogP contribution in [-0.2, 0) is 38.6 Å². The number of nitrogens with zero attached hydrogens (tertiary/aromatic N) is 5. The highest BCUT2D eigenvalue weighted by Gasteiger charge is 2.45. The number of anilines is 3. The first-order chi connectivity index (χ1) is 33.6. The number of rotatable bonds is 21. The second kappa shape index (κ2) is 21.5. The number of fused-ring (bicyclic) bond motifs is 3. The Labute approximate surface area is 400 Å². The smallest absolute Gasteiger partial charge is 0.406 e. The summed E-state index contributed by atoms with van der Waals surface area (Å²) >= 11 is 0. The predicted octanol–water partition coefficient (Wildman–Crippen LogP) is 7.38. The largest absolute Gasteiger partial charge is 0.573 e. The Morgan fingerprint density at radius 1 is 0.843 bits per heavy atom. The number of amides is 6. The van der Waals surface area contributed by atoms with Gasteiger partial charge in [0, 0.05) is 56.5 Å². The Morgan fingerprint density at radius 3 is 2.34 bits per heavy atom. The first-order valence-corrected chi connectivity index (χ1v) is 23.6. The maximum atomic E-state index is 14.9. The van der Waals surface area contributed by atoms with Crippen molar-refractivity contribution in [1.29, 1.82) is 0 Å². The number of piperidine rings is 1. The molecule has 16 nitrogen and oxygen atoms in total. The maximum Gasteiger partial charge on any atom is 0.573 e. The van der Waals surface area contributed by atoms with E-state index < -0.39 is 41.9 Å². The Bertz CT molecular complexity index is 2830. The van der Waals surface area contributed by atoms with E-state index in [2.05, 4.69) is 30.7 Å². The molecule has 1 atom stereocenters. The number of nitrogens with one attached hydrogen (secondary N) is 3. The van der Waals surface area contributed by atoms with Crippen molar-refractivity contribution in [2.75, 3.05) is 35.6 Å². The van der Waals surface area contributed by atoms with E-state index in [0.29, 0.717) is 67.9 Å². The summed E-state index contributed by atoms with van der Waals surface area (Å²) in [7, 11) is 0. The van der Waals surface area contributed by atoms with Crippen molar-refractivity contribution < 1.29 is 51.1 Å². The van der Waals surface area contributed by atoms with Gasteiger partial charge < -0.3 is 30.6 Å².